The SMILES string of the molecule is CC(N)CC(=O)NCC(=O)Nc1cccc(F)c1.Cl. The van der Waals surface area contributed by atoms with Gasteiger partial charge in [0.25, 0.3) is 0 Å². The van der Waals surface area contributed by atoms with E-state index in [1.165, 1.54) is 18.2 Å². The summed E-state index contributed by atoms with van der Waals surface area (Å²) in [7, 11) is 0. The van der Waals surface area contributed by atoms with Gasteiger partial charge in [0, 0.05) is 18.2 Å². The number of anilines is 1. The Bertz CT molecular complexity index is 441. The van der Waals surface area contributed by atoms with Crippen molar-refractivity contribution in [3.8, 4) is 0 Å². The number of halogens is 2. The summed E-state index contributed by atoms with van der Waals surface area (Å²) in [6, 6.07) is 5.27. The summed E-state index contributed by atoms with van der Waals surface area (Å²) in [5.74, 6) is -1.15. The van der Waals surface area contributed by atoms with Crippen LogP contribution in [0.3, 0.4) is 0 Å². The van der Waals surface area contributed by atoms with Crippen LogP contribution in [0.5, 0.6) is 0 Å². The Morgan fingerprint density at radius 2 is 2.05 bits per heavy atom. The fourth-order valence-corrected chi connectivity index (χ4v) is 1.31. The summed E-state index contributed by atoms with van der Waals surface area (Å²) in [4.78, 5) is 22.7. The number of benzene rings is 1. The maximum absolute atomic E-state index is 12.8. The molecule has 1 rings (SSSR count). The van der Waals surface area contributed by atoms with Crippen LogP contribution in [0, 0.1) is 5.82 Å². The van der Waals surface area contributed by atoms with Crippen LogP contribution in [0.15, 0.2) is 24.3 Å². The predicted octanol–water partition coefficient (Wildman–Crippen LogP) is 1.04. The van der Waals surface area contributed by atoms with Gasteiger partial charge in [-0.05, 0) is 25.1 Å². The van der Waals surface area contributed by atoms with Gasteiger partial charge >= 0.3 is 0 Å². The molecule has 1 unspecified atom stereocenters. The first-order chi connectivity index (χ1) is 8.47. The highest BCUT2D eigenvalue weighted by Gasteiger charge is 2.07. The van der Waals surface area contributed by atoms with Crippen LogP contribution in [0.4, 0.5) is 10.1 Å². The number of nitrogens with two attached hydrogens (primary N) is 1. The highest BCUT2D eigenvalue weighted by Crippen LogP contribution is 2.08. The van der Waals surface area contributed by atoms with Crippen molar-refractivity contribution in [1.82, 2.24) is 5.32 Å². The summed E-state index contributed by atoms with van der Waals surface area (Å²) in [6.07, 6.45) is 0.160. The standard InChI is InChI=1S/C12H16FN3O2.ClH/c1-8(14)5-11(17)15-7-12(18)16-10-4-2-3-9(13)6-10;/h2-4,6,8H,5,7,14H2,1H3,(H,15,17)(H,16,18);1H. The molecular weight excluding hydrogens is 273 g/mol. The van der Waals surface area contributed by atoms with Crippen molar-refractivity contribution >= 4 is 29.9 Å². The number of hydrogen-bond acceptors (Lipinski definition) is 3. The van der Waals surface area contributed by atoms with Gasteiger partial charge < -0.3 is 16.4 Å². The molecule has 106 valence electrons. The molecule has 0 saturated heterocycles. The second kappa shape index (κ2) is 8.44. The van der Waals surface area contributed by atoms with Crippen molar-refractivity contribution in [1.29, 1.82) is 0 Å². The number of carbonyl (C=O) groups excluding carboxylic acids is 2. The van der Waals surface area contributed by atoms with Gasteiger partial charge in [0.1, 0.15) is 5.82 Å². The first kappa shape index (κ1) is 17.3. The lowest BCUT2D eigenvalue weighted by atomic mass is 10.2. The second-order valence-electron chi connectivity index (χ2n) is 4.02. The molecule has 1 aromatic rings. The maximum Gasteiger partial charge on any atom is 0.243 e. The van der Waals surface area contributed by atoms with Crippen LogP contribution >= 0.6 is 12.4 Å². The number of nitrogens with one attached hydrogen (secondary N) is 2. The van der Waals surface area contributed by atoms with Crippen LogP contribution in [0.2, 0.25) is 0 Å². The largest absolute Gasteiger partial charge is 0.347 e. The molecule has 0 heterocycles. The molecule has 4 N–H and O–H groups in total. The summed E-state index contributed by atoms with van der Waals surface area (Å²) >= 11 is 0. The maximum atomic E-state index is 12.8. The van der Waals surface area contributed by atoms with Gasteiger partial charge in [-0.2, -0.15) is 0 Å². The van der Waals surface area contributed by atoms with E-state index >= 15 is 0 Å². The molecule has 0 aliphatic heterocycles. The quantitative estimate of drug-likeness (QED) is 0.757. The topological polar surface area (TPSA) is 84.2 Å². The average Bonchev–Trinajstić information content (AvgIpc) is 2.25. The van der Waals surface area contributed by atoms with E-state index in [2.05, 4.69) is 10.6 Å². The second-order valence-corrected chi connectivity index (χ2v) is 4.02. The van der Waals surface area contributed by atoms with E-state index in [1.807, 2.05) is 0 Å². The van der Waals surface area contributed by atoms with Crippen molar-refractivity contribution in [3.63, 3.8) is 0 Å². The van der Waals surface area contributed by atoms with E-state index in [9.17, 15) is 14.0 Å². The molecule has 7 heteroatoms. The van der Waals surface area contributed by atoms with Gasteiger partial charge in [-0.25, -0.2) is 4.39 Å². The van der Waals surface area contributed by atoms with Crippen molar-refractivity contribution in [3.05, 3.63) is 30.1 Å². The molecule has 0 saturated carbocycles. The lowest BCUT2D eigenvalue weighted by Crippen LogP contribution is -2.35. The Kier molecular flexibility index (Phi) is 7.71. The number of hydrogen-bond donors (Lipinski definition) is 3. The van der Waals surface area contributed by atoms with Gasteiger partial charge in [0.15, 0.2) is 0 Å². The first-order valence-corrected chi connectivity index (χ1v) is 5.55. The zero-order chi connectivity index (χ0) is 13.5. The fraction of sp³-hybridized carbons (Fsp3) is 0.333. The van der Waals surface area contributed by atoms with Gasteiger partial charge in [-0.1, -0.05) is 6.07 Å². The summed E-state index contributed by atoms with van der Waals surface area (Å²) < 4.78 is 12.8. The lowest BCUT2D eigenvalue weighted by Gasteiger charge is -2.08. The van der Waals surface area contributed by atoms with Gasteiger partial charge in [0.2, 0.25) is 11.8 Å². The molecule has 0 spiro atoms. The molecule has 19 heavy (non-hydrogen) atoms. The normalized spacial score (nSPS) is 11.1. The minimum atomic E-state index is -0.436. The molecule has 0 bridgehead atoms. The summed E-state index contributed by atoms with van der Waals surface area (Å²) in [5, 5.41) is 4.89. The molecular formula is C12H17ClFN3O2. The number of carbonyl (C=O) groups is 2. The van der Waals surface area contributed by atoms with Crippen LogP contribution in [0.25, 0.3) is 0 Å². The van der Waals surface area contributed by atoms with E-state index in [-0.39, 0.29) is 37.3 Å². The Hall–Kier alpha value is -1.66. The van der Waals surface area contributed by atoms with E-state index in [0.29, 0.717) is 5.69 Å². The number of amides is 2. The smallest absolute Gasteiger partial charge is 0.243 e. The van der Waals surface area contributed by atoms with E-state index in [0.717, 1.165) is 0 Å². The Morgan fingerprint density at radius 3 is 2.63 bits per heavy atom. The number of rotatable bonds is 5. The molecule has 0 aromatic heterocycles. The van der Waals surface area contributed by atoms with Gasteiger partial charge in [0.05, 0.1) is 6.54 Å². The summed E-state index contributed by atoms with van der Waals surface area (Å²) in [5.41, 5.74) is 5.79. The molecule has 1 atom stereocenters. The fourth-order valence-electron chi connectivity index (χ4n) is 1.31. The van der Waals surface area contributed by atoms with Crippen molar-refractivity contribution in [2.24, 2.45) is 5.73 Å². The Balaban J connectivity index is 0.00000324. The zero-order valence-corrected chi connectivity index (χ0v) is 11.3. The van der Waals surface area contributed by atoms with E-state index < -0.39 is 11.7 Å². The van der Waals surface area contributed by atoms with Crippen LogP contribution in [-0.4, -0.2) is 24.4 Å². The predicted molar refractivity (Wildman–Crippen MR) is 73.6 cm³/mol. The van der Waals surface area contributed by atoms with Crippen LogP contribution in [-0.2, 0) is 9.59 Å². The molecule has 1 aromatic carbocycles. The van der Waals surface area contributed by atoms with Crippen molar-refractivity contribution < 1.29 is 14.0 Å². The first-order valence-electron chi connectivity index (χ1n) is 5.55. The van der Waals surface area contributed by atoms with Crippen LogP contribution in [0.1, 0.15) is 13.3 Å². The Labute approximate surface area is 117 Å². The lowest BCUT2D eigenvalue weighted by molar-refractivity contribution is -0.124. The third-order valence-corrected chi connectivity index (χ3v) is 2.06. The Morgan fingerprint density at radius 1 is 1.37 bits per heavy atom. The highest BCUT2D eigenvalue weighted by atomic mass is 35.5. The molecule has 0 aliphatic carbocycles. The molecule has 2 amide bonds. The van der Waals surface area contributed by atoms with Gasteiger partial charge in [-0.3, -0.25) is 9.59 Å². The van der Waals surface area contributed by atoms with E-state index in [4.69, 9.17) is 5.73 Å². The molecule has 0 aliphatic rings. The highest BCUT2D eigenvalue weighted by molar-refractivity contribution is 5.94. The third-order valence-electron chi connectivity index (χ3n) is 2.06. The third kappa shape index (κ3) is 7.38. The monoisotopic (exact) mass is 289 g/mol. The average molecular weight is 290 g/mol. The summed E-state index contributed by atoms with van der Waals surface area (Å²) in [6.45, 7) is 1.54. The van der Waals surface area contributed by atoms with Crippen LogP contribution < -0.4 is 16.4 Å². The van der Waals surface area contributed by atoms with Crippen molar-refractivity contribution in [2.75, 3.05) is 11.9 Å². The molecule has 5 nitrogen and oxygen atoms in total. The molecule has 0 radical (unpaired) electrons. The minimum Gasteiger partial charge on any atom is -0.347 e. The molecule has 0 fully saturated rings. The zero-order valence-electron chi connectivity index (χ0n) is 10.5. The van der Waals surface area contributed by atoms with Crippen molar-refractivity contribution in [2.45, 2.75) is 19.4 Å². The minimum absolute atomic E-state index is 0. The van der Waals surface area contributed by atoms with E-state index in [1.54, 1.807) is 13.0 Å². The van der Waals surface area contributed by atoms with Gasteiger partial charge in [-0.15, -0.1) is 12.4 Å².